The minimum absolute atomic E-state index is 0.0999. The highest BCUT2D eigenvalue weighted by atomic mass is 32.2. The summed E-state index contributed by atoms with van der Waals surface area (Å²) in [6.07, 6.45) is 2.14. The molecule has 2 aromatic carbocycles. The normalized spacial score (nSPS) is 16.2. The third-order valence-corrected chi connectivity index (χ3v) is 15.8. The molecule has 2 N–H and O–H groups in total. The van der Waals surface area contributed by atoms with E-state index < -0.39 is 36.1 Å². The second-order valence-corrected chi connectivity index (χ2v) is 18.5. The number of benzene rings is 2. The molecule has 276 valence electrons. The van der Waals surface area contributed by atoms with Gasteiger partial charge in [-0.3, -0.25) is 0 Å². The fraction of sp³-hybridized carbons (Fsp3) is 0.412. The van der Waals surface area contributed by atoms with Gasteiger partial charge in [0.25, 0.3) is 0 Å². The number of carbonyl (C=O) groups excluding carboxylic acids is 2. The lowest BCUT2D eigenvalue weighted by Gasteiger charge is -2.19. The average Bonchev–Trinajstić information content (AvgIpc) is 3.84. The van der Waals surface area contributed by atoms with Crippen LogP contribution in [0.15, 0.2) is 72.8 Å². The van der Waals surface area contributed by atoms with Crippen molar-refractivity contribution in [3.8, 4) is 23.0 Å². The fourth-order valence-corrected chi connectivity index (χ4v) is 13.0. The van der Waals surface area contributed by atoms with E-state index in [1.165, 1.54) is 0 Å². The summed E-state index contributed by atoms with van der Waals surface area (Å²) in [7, 11) is 0. The molecule has 11 nitrogen and oxygen atoms in total. The van der Waals surface area contributed by atoms with Gasteiger partial charge in [0.15, 0.2) is 0 Å². The minimum Gasteiger partial charge on any atom is -0.490 e. The van der Waals surface area contributed by atoms with E-state index in [-0.39, 0.29) is 13.2 Å². The summed E-state index contributed by atoms with van der Waals surface area (Å²) in [6.45, 7) is 0.200. The smallest absolute Gasteiger partial charge is 0.331 e. The van der Waals surface area contributed by atoms with Gasteiger partial charge in [-0.05, 0) is 48.5 Å². The van der Waals surface area contributed by atoms with Crippen molar-refractivity contribution in [3.05, 3.63) is 72.8 Å². The van der Waals surface area contributed by atoms with Gasteiger partial charge in [0.2, 0.25) is 0 Å². The number of esters is 2. The highest BCUT2D eigenvalue weighted by Crippen LogP contribution is 2.35. The zero-order chi connectivity index (χ0) is 36.3. The molecule has 2 unspecified atom stereocenters. The highest BCUT2D eigenvalue weighted by Gasteiger charge is 2.21. The maximum Gasteiger partial charge on any atom is 0.331 e. The molecule has 17 heteroatoms. The molecule has 2 aliphatic heterocycles. The first-order chi connectivity index (χ1) is 24.7. The monoisotopic (exact) mass is 814 g/mol. The van der Waals surface area contributed by atoms with Gasteiger partial charge in [0.1, 0.15) is 48.4 Å². The first-order valence-corrected chi connectivity index (χ1v) is 22.2. The maximum absolute atomic E-state index is 12.1. The molecule has 0 aliphatic carbocycles. The van der Waals surface area contributed by atoms with Crippen molar-refractivity contribution in [2.45, 2.75) is 21.4 Å². The molecule has 2 aromatic rings. The SMILES string of the molecule is O=C(O)C=CC(=O)OC(COc1ccc(Oc2ccc(OCC(CSCC3SCCS3)OC(=O)C=CC(=O)O)cc2)cc1)CSCC1SCCS1. The van der Waals surface area contributed by atoms with Crippen molar-refractivity contribution in [3.63, 3.8) is 0 Å². The number of aliphatic carboxylic acids is 2. The van der Waals surface area contributed by atoms with Crippen LogP contribution in [0.25, 0.3) is 0 Å². The van der Waals surface area contributed by atoms with Gasteiger partial charge in [0.05, 0.1) is 9.16 Å². The molecule has 2 heterocycles. The third-order valence-electron chi connectivity index (χ3n) is 6.54. The molecule has 0 radical (unpaired) electrons. The van der Waals surface area contributed by atoms with Crippen LogP contribution in [0.2, 0.25) is 0 Å². The van der Waals surface area contributed by atoms with E-state index in [4.69, 9.17) is 33.9 Å². The molecule has 0 amide bonds. The summed E-state index contributed by atoms with van der Waals surface area (Å²) in [5.41, 5.74) is 0. The van der Waals surface area contributed by atoms with Crippen LogP contribution in [-0.4, -0.2) is 115 Å². The van der Waals surface area contributed by atoms with Gasteiger partial charge < -0.3 is 33.9 Å². The Morgan fingerprint density at radius 3 is 1.31 bits per heavy atom. The first kappa shape index (κ1) is 41.1. The van der Waals surface area contributed by atoms with Crippen LogP contribution in [0.1, 0.15) is 0 Å². The average molecular weight is 815 g/mol. The van der Waals surface area contributed by atoms with E-state index in [1.54, 1.807) is 72.1 Å². The zero-order valence-corrected chi connectivity index (χ0v) is 32.2. The van der Waals surface area contributed by atoms with Crippen LogP contribution in [-0.2, 0) is 28.7 Å². The summed E-state index contributed by atoms with van der Waals surface area (Å²) in [5, 5.41) is 17.6. The molecule has 2 aliphatic rings. The lowest BCUT2D eigenvalue weighted by Crippen LogP contribution is -2.27. The number of hydrogen-bond acceptors (Lipinski definition) is 15. The number of rotatable bonds is 22. The fourth-order valence-electron chi connectivity index (χ4n) is 4.24. The summed E-state index contributed by atoms with van der Waals surface area (Å²) >= 11 is 11.0. The molecule has 0 saturated carbocycles. The summed E-state index contributed by atoms with van der Waals surface area (Å²) < 4.78 is 29.7. The van der Waals surface area contributed by atoms with Crippen LogP contribution in [0.4, 0.5) is 0 Å². The number of carbonyl (C=O) groups is 4. The number of hydrogen-bond donors (Lipinski definition) is 2. The van der Waals surface area contributed by atoms with Crippen LogP contribution in [0.5, 0.6) is 23.0 Å². The second kappa shape index (κ2) is 23.1. The first-order valence-electron chi connectivity index (χ1n) is 15.7. The van der Waals surface area contributed by atoms with Gasteiger partial charge in [-0.1, -0.05) is 0 Å². The number of carboxylic acid groups (broad SMARTS) is 2. The van der Waals surface area contributed by atoms with Crippen LogP contribution in [0.3, 0.4) is 0 Å². The Bertz CT molecular complexity index is 1350. The van der Waals surface area contributed by atoms with E-state index in [0.29, 0.717) is 43.7 Å². The molecule has 2 fully saturated rings. The van der Waals surface area contributed by atoms with Gasteiger partial charge in [-0.2, -0.15) is 23.5 Å². The lowest BCUT2D eigenvalue weighted by molar-refractivity contribution is -0.144. The van der Waals surface area contributed by atoms with Gasteiger partial charge in [-0.15, -0.1) is 47.0 Å². The Labute approximate surface area is 322 Å². The zero-order valence-electron chi connectivity index (χ0n) is 27.3. The highest BCUT2D eigenvalue weighted by molar-refractivity contribution is 8.21. The molecule has 51 heavy (non-hydrogen) atoms. The van der Waals surface area contributed by atoms with E-state index in [2.05, 4.69) is 0 Å². The largest absolute Gasteiger partial charge is 0.490 e. The Hall–Kier alpha value is -2.70. The van der Waals surface area contributed by atoms with E-state index >= 15 is 0 Å². The number of thioether (sulfide) groups is 6. The van der Waals surface area contributed by atoms with Crippen LogP contribution in [0, 0.1) is 0 Å². The van der Waals surface area contributed by atoms with Crippen molar-refractivity contribution in [1.82, 2.24) is 0 Å². The summed E-state index contributed by atoms with van der Waals surface area (Å²) in [5.74, 6) is 5.68. The molecule has 2 saturated heterocycles. The van der Waals surface area contributed by atoms with Crippen molar-refractivity contribution < 1.29 is 53.1 Å². The Kier molecular flexibility index (Phi) is 18.6. The van der Waals surface area contributed by atoms with E-state index in [0.717, 1.165) is 58.8 Å². The van der Waals surface area contributed by atoms with Crippen molar-refractivity contribution in [2.24, 2.45) is 0 Å². The van der Waals surface area contributed by atoms with Crippen LogP contribution < -0.4 is 14.2 Å². The third kappa shape index (κ3) is 17.1. The van der Waals surface area contributed by atoms with Gasteiger partial charge in [-0.25, -0.2) is 19.2 Å². The Morgan fingerprint density at radius 2 is 0.961 bits per heavy atom. The molecule has 0 aromatic heterocycles. The van der Waals surface area contributed by atoms with Crippen molar-refractivity contribution in [1.29, 1.82) is 0 Å². The molecule has 4 rings (SSSR count). The molecule has 0 bridgehead atoms. The standard InChI is InChI=1S/C34H38O11S6/c35-29(36)9-11-31(39)44-27(19-46-21-33-48-13-14-49-33)17-41-23-1-5-25(6-2-23)43-26-7-3-24(4-8-26)42-18-28(45-32(40)12-10-30(37)38)20-47-22-34-50-15-16-51-34/h1-12,27-28,33-34H,13-22H2,(H,35,36)(H,37,38). The molecular formula is C34H38O11S6. The topological polar surface area (TPSA) is 155 Å². The van der Waals surface area contributed by atoms with E-state index in [9.17, 15) is 19.2 Å². The molecular weight excluding hydrogens is 777 g/mol. The minimum atomic E-state index is -1.23. The van der Waals surface area contributed by atoms with Gasteiger partial charge in [0, 0.05) is 70.3 Å². The Morgan fingerprint density at radius 1 is 0.608 bits per heavy atom. The lowest BCUT2D eigenvalue weighted by atomic mass is 10.3. The second-order valence-electron chi connectivity index (χ2n) is 10.5. The molecule has 0 spiro atoms. The van der Waals surface area contributed by atoms with Crippen molar-refractivity contribution >= 4 is 94.4 Å². The predicted octanol–water partition coefficient (Wildman–Crippen LogP) is 6.42. The summed E-state index contributed by atoms with van der Waals surface area (Å²) in [6, 6.07) is 14.0. The summed E-state index contributed by atoms with van der Waals surface area (Å²) in [4.78, 5) is 45.8. The molecule has 2 atom stereocenters. The maximum atomic E-state index is 12.1. The number of carboxylic acids is 2. The predicted molar refractivity (Wildman–Crippen MR) is 209 cm³/mol. The Balaban J connectivity index is 1.24. The van der Waals surface area contributed by atoms with Crippen molar-refractivity contribution in [2.75, 3.05) is 59.2 Å². The quantitative estimate of drug-likeness (QED) is 0.0991. The van der Waals surface area contributed by atoms with E-state index in [1.807, 2.05) is 47.0 Å². The number of ether oxygens (including phenoxy) is 5. The van der Waals surface area contributed by atoms with Crippen LogP contribution >= 0.6 is 70.6 Å². The van der Waals surface area contributed by atoms with Gasteiger partial charge >= 0.3 is 23.9 Å².